The Morgan fingerprint density at radius 1 is 1.67 bits per heavy atom. The summed E-state index contributed by atoms with van der Waals surface area (Å²) in [4.78, 5) is 19.9. The van der Waals surface area contributed by atoms with E-state index in [1.54, 1.807) is 0 Å². The molecule has 0 aromatic rings. The number of carbonyl (C=O) groups is 1. The quantitative estimate of drug-likeness (QED) is 0.531. The Hall–Kier alpha value is -0.840. The highest BCUT2D eigenvalue weighted by Gasteiger charge is 2.16. The van der Waals surface area contributed by atoms with Gasteiger partial charge in [-0.1, -0.05) is 5.18 Å². The fourth-order valence-corrected chi connectivity index (χ4v) is 0.910. The van der Waals surface area contributed by atoms with Gasteiger partial charge in [0.1, 0.15) is 0 Å². The van der Waals surface area contributed by atoms with E-state index in [1.165, 1.54) is 11.8 Å². The van der Waals surface area contributed by atoms with Crippen LogP contribution in [0.3, 0.4) is 0 Å². The smallest absolute Gasteiger partial charge is 0.332 e. The molecule has 0 saturated carbocycles. The molecule has 0 bridgehead atoms. The van der Waals surface area contributed by atoms with Gasteiger partial charge in [0.05, 0.1) is 0 Å². The zero-order valence-electron chi connectivity index (χ0n) is 7.02. The topological polar surface area (TPSA) is 66.7 Å². The number of rotatable bonds is 5. The van der Waals surface area contributed by atoms with Crippen molar-refractivity contribution in [2.75, 3.05) is 12.0 Å². The number of hydrogen-bond acceptors (Lipinski definition) is 4. The van der Waals surface area contributed by atoms with Crippen LogP contribution >= 0.6 is 11.8 Å². The summed E-state index contributed by atoms with van der Waals surface area (Å²) in [6.45, 7) is 6.00. The molecule has 0 spiro atoms. The van der Waals surface area contributed by atoms with Crippen molar-refractivity contribution in [3.8, 4) is 0 Å². The molecule has 70 valence electrons. The van der Waals surface area contributed by atoms with Crippen LogP contribution in [0.5, 0.6) is 0 Å². The minimum absolute atomic E-state index is 0.319. The average Bonchev–Trinajstić information content (AvgIpc) is 2.09. The van der Waals surface area contributed by atoms with E-state index >= 15 is 0 Å². The van der Waals surface area contributed by atoms with Gasteiger partial charge in [0.15, 0.2) is 6.04 Å². The Morgan fingerprint density at radius 2 is 2.17 bits per heavy atom. The summed E-state index contributed by atoms with van der Waals surface area (Å²) in [5.41, 5.74) is 0. The number of carboxylic acid groups (broad SMARTS) is 1. The van der Waals surface area contributed by atoms with Crippen molar-refractivity contribution in [1.82, 2.24) is 0 Å². The standard InChI is InChI=1S/C5H9NO3S.C2H4/c1-10-3-2-4(6-9)5(7)8;1-2/h4H,2-3H2,1H3,(H,7,8);1-2H2/t4-;/m0./s1. The molecule has 0 aromatic carbocycles. The second kappa shape index (κ2) is 10.2. The maximum Gasteiger partial charge on any atom is 0.332 e. The molecule has 0 heterocycles. The number of thioether (sulfide) groups is 1. The summed E-state index contributed by atoms with van der Waals surface area (Å²) in [7, 11) is 0. The highest BCUT2D eigenvalue weighted by atomic mass is 32.2. The molecule has 0 fully saturated rings. The second-order valence-corrected chi connectivity index (χ2v) is 2.73. The highest BCUT2D eigenvalue weighted by Crippen LogP contribution is 2.03. The van der Waals surface area contributed by atoms with Crippen molar-refractivity contribution in [1.29, 1.82) is 0 Å². The minimum atomic E-state index is -1.14. The van der Waals surface area contributed by atoms with Crippen molar-refractivity contribution in [2.24, 2.45) is 5.18 Å². The number of hydrogen-bond donors (Lipinski definition) is 1. The number of carboxylic acids is 1. The minimum Gasteiger partial charge on any atom is -0.480 e. The third kappa shape index (κ3) is 7.27. The molecular weight excluding hydrogens is 178 g/mol. The molecule has 0 aliphatic carbocycles. The van der Waals surface area contributed by atoms with Gasteiger partial charge >= 0.3 is 5.97 Å². The Labute approximate surface area is 76.0 Å². The van der Waals surface area contributed by atoms with Crippen molar-refractivity contribution in [3.05, 3.63) is 18.1 Å². The lowest BCUT2D eigenvalue weighted by molar-refractivity contribution is -0.138. The van der Waals surface area contributed by atoms with Crippen molar-refractivity contribution < 1.29 is 9.90 Å². The Balaban J connectivity index is 0. The van der Waals surface area contributed by atoms with Crippen molar-refractivity contribution >= 4 is 17.7 Å². The normalized spacial score (nSPS) is 10.8. The maximum atomic E-state index is 10.1. The first-order valence-corrected chi connectivity index (χ1v) is 4.66. The third-order valence-electron chi connectivity index (χ3n) is 1.01. The first-order chi connectivity index (χ1) is 5.72. The molecule has 0 unspecified atom stereocenters. The molecule has 12 heavy (non-hydrogen) atoms. The SMILES string of the molecule is C=C.CSCC[C@H](N=O)C(=O)O. The van der Waals surface area contributed by atoms with E-state index in [-0.39, 0.29) is 0 Å². The highest BCUT2D eigenvalue weighted by molar-refractivity contribution is 7.98. The predicted molar refractivity (Wildman–Crippen MR) is 51.5 cm³/mol. The molecule has 1 atom stereocenters. The lowest BCUT2D eigenvalue weighted by atomic mass is 10.2. The number of aliphatic carboxylic acids is 1. The molecule has 1 N–H and O–H groups in total. The van der Waals surface area contributed by atoms with Crippen LogP contribution in [0.25, 0.3) is 0 Å². The van der Waals surface area contributed by atoms with Crippen LogP contribution in [0.4, 0.5) is 0 Å². The van der Waals surface area contributed by atoms with E-state index < -0.39 is 12.0 Å². The summed E-state index contributed by atoms with van der Waals surface area (Å²) >= 11 is 1.50. The van der Waals surface area contributed by atoms with Crippen LogP contribution < -0.4 is 0 Å². The molecule has 0 saturated heterocycles. The van der Waals surface area contributed by atoms with Gasteiger partial charge in [-0.15, -0.1) is 18.1 Å². The van der Waals surface area contributed by atoms with Crippen LogP contribution in [-0.4, -0.2) is 29.1 Å². The van der Waals surface area contributed by atoms with Gasteiger partial charge in [-0.25, -0.2) is 4.79 Å². The van der Waals surface area contributed by atoms with Gasteiger partial charge in [-0.05, 0) is 18.4 Å². The molecule has 0 amide bonds. The van der Waals surface area contributed by atoms with E-state index in [1.807, 2.05) is 6.26 Å². The summed E-state index contributed by atoms with van der Waals surface area (Å²) in [6, 6.07) is -1.06. The van der Waals surface area contributed by atoms with Crippen LogP contribution in [0, 0.1) is 4.91 Å². The van der Waals surface area contributed by atoms with E-state index in [4.69, 9.17) is 5.11 Å². The Bertz CT molecular complexity index is 141. The van der Waals surface area contributed by atoms with Crippen molar-refractivity contribution in [3.63, 3.8) is 0 Å². The van der Waals surface area contributed by atoms with Crippen LogP contribution in [0.2, 0.25) is 0 Å². The second-order valence-electron chi connectivity index (χ2n) is 1.74. The van der Waals surface area contributed by atoms with Gasteiger partial charge < -0.3 is 5.11 Å². The average molecular weight is 191 g/mol. The molecule has 0 aliphatic rings. The first kappa shape index (κ1) is 13.7. The summed E-state index contributed by atoms with van der Waals surface area (Å²) in [5, 5.41) is 10.8. The lowest BCUT2D eigenvalue weighted by Gasteiger charge is -1.99. The molecule has 4 nitrogen and oxygen atoms in total. The molecule has 0 rings (SSSR count). The zero-order chi connectivity index (χ0) is 9.98. The number of nitrogens with zero attached hydrogens (tertiary/aromatic N) is 1. The van der Waals surface area contributed by atoms with E-state index in [0.29, 0.717) is 12.2 Å². The van der Waals surface area contributed by atoms with Crippen molar-refractivity contribution in [2.45, 2.75) is 12.5 Å². The van der Waals surface area contributed by atoms with Crippen LogP contribution in [-0.2, 0) is 4.79 Å². The molecule has 0 aliphatic heterocycles. The Morgan fingerprint density at radius 3 is 2.42 bits per heavy atom. The fraction of sp³-hybridized carbons (Fsp3) is 0.571. The van der Waals surface area contributed by atoms with Gasteiger partial charge in [0, 0.05) is 0 Å². The lowest BCUT2D eigenvalue weighted by Crippen LogP contribution is -2.17. The summed E-state index contributed by atoms with van der Waals surface area (Å²) in [5.74, 6) is -0.480. The molecular formula is C7H13NO3S. The molecule has 0 aromatic heterocycles. The van der Waals surface area contributed by atoms with Gasteiger partial charge in [0.25, 0.3) is 0 Å². The van der Waals surface area contributed by atoms with Crippen LogP contribution in [0.15, 0.2) is 18.3 Å². The fourth-order valence-electron chi connectivity index (χ4n) is 0.451. The summed E-state index contributed by atoms with van der Waals surface area (Å²) < 4.78 is 0. The van der Waals surface area contributed by atoms with Crippen LogP contribution in [0.1, 0.15) is 6.42 Å². The third-order valence-corrected chi connectivity index (χ3v) is 1.65. The molecule has 0 radical (unpaired) electrons. The maximum absolute atomic E-state index is 10.1. The van der Waals surface area contributed by atoms with Gasteiger partial charge in [0.2, 0.25) is 0 Å². The monoisotopic (exact) mass is 191 g/mol. The van der Waals surface area contributed by atoms with E-state index in [0.717, 1.165) is 0 Å². The zero-order valence-corrected chi connectivity index (χ0v) is 7.84. The summed E-state index contributed by atoms with van der Waals surface area (Å²) in [6.07, 6.45) is 2.17. The largest absolute Gasteiger partial charge is 0.480 e. The Kier molecular flexibility index (Phi) is 11.6. The first-order valence-electron chi connectivity index (χ1n) is 3.26. The van der Waals surface area contributed by atoms with Gasteiger partial charge in [-0.3, -0.25) is 0 Å². The molecule has 5 heteroatoms. The van der Waals surface area contributed by atoms with Gasteiger partial charge in [-0.2, -0.15) is 11.8 Å². The predicted octanol–water partition coefficient (Wildman–Crippen LogP) is 1.76. The van der Waals surface area contributed by atoms with E-state index in [9.17, 15) is 9.70 Å². The van der Waals surface area contributed by atoms with E-state index in [2.05, 4.69) is 18.3 Å². The number of nitroso groups, excluding NO2 is 1.